The van der Waals surface area contributed by atoms with E-state index in [9.17, 15) is 12.8 Å². The van der Waals surface area contributed by atoms with Crippen molar-refractivity contribution in [2.75, 3.05) is 11.9 Å². The van der Waals surface area contributed by atoms with E-state index in [2.05, 4.69) is 20.2 Å². The molecular formula is C17H29FN4O3S. The lowest BCUT2D eigenvalue weighted by Crippen LogP contribution is -2.37. The van der Waals surface area contributed by atoms with Crippen molar-refractivity contribution in [1.29, 1.82) is 0 Å². The highest BCUT2D eigenvalue weighted by molar-refractivity contribution is 7.90. The zero-order chi connectivity index (χ0) is 18.8. The highest BCUT2D eigenvalue weighted by Crippen LogP contribution is 2.41. The van der Waals surface area contributed by atoms with Crippen LogP contribution in [0.25, 0.3) is 0 Å². The number of rotatable bonds is 7. The van der Waals surface area contributed by atoms with Crippen LogP contribution in [0.1, 0.15) is 71.0 Å². The van der Waals surface area contributed by atoms with Crippen molar-refractivity contribution in [2.45, 2.75) is 82.2 Å². The molecule has 0 bridgehead atoms. The van der Waals surface area contributed by atoms with E-state index in [4.69, 9.17) is 4.52 Å². The van der Waals surface area contributed by atoms with Crippen molar-refractivity contribution in [3.05, 3.63) is 5.82 Å². The topological polar surface area (TPSA) is 97.1 Å². The highest BCUT2D eigenvalue weighted by Gasteiger charge is 2.40. The van der Waals surface area contributed by atoms with Gasteiger partial charge in [0.25, 0.3) is 0 Å². The predicted octanol–water partition coefficient (Wildman–Crippen LogP) is 3.11. The van der Waals surface area contributed by atoms with Gasteiger partial charge < -0.3 is 9.84 Å². The van der Waals surface area contributed by atoms with Gasteiger partial charge in [0.1, 0.15) is 0 Å². The number of nitrogens with zero attached hydrogens (tertiary/aromatic N) is 2. The van der Waals surface area contributed by atoms with Crippen LogP contribution in [0, 0.1) is 5.92 Å². The summed E-state index contributed by atoms with van der Waals surface area (Å²) < 4.78 is 46.2. The highest BCUT2D eigenvalue weighted by atomic mass is 32.2. The summed E-state index contributed by atoms with van der Waals surface area (Å²) in [6.45, 7) is 3.84. The second-order valence-electron chi connectivity index (χ2n) is 7.90. The van der Waals surface area contributed by atoms with Gasteiger partial charge in [-0.15, -0.1) is 0 Å². The summed E-state index contributed by atoms with van der Waals surface area (Å²) >= 11 is 0. The minimum absolute atomic E-state index is 0.161. The van der Waals surface area contributed by atoms with Crippen LogP contribution in [0.15, 0.2) is 4.52 Å². The van der Waals surface area contributed by atoms with Crippen LogP contribution in [0.5, 0.6) is 0 Å². The largest absolute Gasteiger partial charge is 0.335 e. The van der Waals surface area contributed by atoms with E-state index >= 15 is 0 Å². The average Bonchev–Trinajstić information content (AvgIpc) is 3.24. The molecule has 2 aliphatic carbocycles. The Morgan fingerprint density at radius 1 is 1.23 bits per heavy atom. The Balaban J connectivity index is 1.45. The third-order valence-electron chi connectivity index (χ3n) is 5.59. The first-order valence-electron chi connectivity index (χ1n) is 9.56. The summed E-state index contributed by atoms with van der Waals surface area (Å²) in [4.78, 5) is 4.21. The smallest absolute Gasteiger partial charge is 0.321 e. The van der Waals surface area contributed by atoms with Gasteiger partial charge in [-0.05, 0) is 71.1 Å². The van der Waals surface area contributed by atoms with Gasteiger partial charge in [-0.3, -0.25) is 0 Å². The second kappa shape index (κ2) is 7.80. The Labute approximate surface area is 154 Å². The Bertz CT molecular complexity index is 693. The van der Waals surface area contributed by atoms with Crippen molar-refractivity contribution < 1.29 is 17.3 Å². The van der Waals surface area contributed by atoms with Crippen molar-refractivity contribution in [3.8, 4) is 0 Å². The molecule has 0 amide bonds. The van der Waals surface area contributed by atoms with E-state index in [-0.39, 0.29) is 17.9 Å². The summed E-state index contributed by atoms with van der Waals surface area (Å²) in [6.07, 6.45) is 6.28. The third-order valence-corrected chi connectivity index (χ3v) is 7.40. The fraction of sp³-hybridized carbons (Fsp3) is 0.882. The molecule has 1 heterocycles. The van der Waals surface area contributed by atoms with E-state index < -0.39 is 20.9 Å². The van der Waals surface area contributed by atoms with Crippen LogP contribution in [0.2, 0.25) is 0 Å². The molecule has 7 nitrogen and oxygen atoms in total. The van der Waals surface area contributed by atoms with Gasteiger partial charge in [0.2, 0.25) is 15.8 Å². The fourth-order valence-electron chi connectivity index (χ4n) is 3.71. The molecule has 148 valence electrons. The SMILES string of the molecule is CC(C)S(=O)(=O)NC[C@H]1CC[C@H](Nc2nc(C3(F)CCCC3)no2)CC1. The Kier molecular flexibility index (Phi) is 5.86. The predicted molar refractivity (Wildman–Crippen MR) is 97.0 cm³/mol. The third kappa shape index (κ3) is 4.54. The molecule has 2 saturated carbocycles. The minimum atomic E-state index is -3.21. The Morgan fingerprint density at radius 3 is 2.50 bits per heavy atom. The van der Waals surface area contributed by atoms with Gasteiger partial charge >= 0.3 is 6.01 Å². The van der Waals surface area contributed by atoms with Crippen LogP contribution in [-0.2, 0) is 15.7 Å². The van der Waals surface area contributed by atoms with Gasteiger partial charge in [0.15, 0.2) is 5.67 Å². The Hall–Kier alpha value is -1.22. The molecule has 0 unspecified atom stereocenters. The average molecular weight is 389 g/mol. The number of halogens is 1. The van der Waals surface area contributed by atoms with Crippen molar-refractivity contribution in [3.63, 3.8) is 0 Å². The maximum atomic E-state index is 14.7. The van der Waals surface area contributed by atoms with Crippen molar-refractivity contribution in [2.24, 2.45) is 5.92 Å². The minimum Gasteiger partial charge on any atom is -0.335 e. The quantitative estimate of drug-likeness (QED) is 0.745. The maximum Gasteiger partial charge on any atom is 0.321 e. The van der Waals surface area contributed by atoms with E-state index in [1.165, 1.54) is 0 Å². The van der Waals surface area contributed by atoms with E-state index in [1.54, 1.807) is 13.8 Å². The molecule has 3 rings (SSSR count). The number of alkyl halides is 1. The molecule has 2 fully saturated rings. The zero-order valence-corrected chi connectivity index (χ0v) is 16.3. The number of hydrogen-bond donors (Lipinski definition) is 2. The van der Waals surface area contributed by atoms with Crippen molar-refractivity contribution >= 4 is 16.0 Å². The van der Waals surface area contributed by atoms with E-state index in [1.807, 2.05) is 0 Å². The van der Waals surface area contributed by atoms with Crippen LogP contribution >= 0.6 is 0 Å². The lowest BCUT2D eigenvalue weighted by molar-refractivity contribution is 0.156. The first-order chi connectivity index (χ1) is 12.3. The summed E-state index contributed by atoms with van der Waals surface area (Å²) in [5, 5.41) is 6.62. The zero-order valence-electron chi connectivity index (χ0n) is 15.5. The molecule has 0 spiro atoms. The first-order valence-corrected chi connectivity index (χ1v) is 11.1. The number of nitrogens with one attached hydrogen (secondary N) is 2. The normalized spacial score (nSPS) is 26.3. The fourth-order valence-corrected chi connectivity index (χ4v) is 4.51. The molecule has 9 heteroatoms. The van der Waals surface area contributed by atoms with Gasteiger partial charge in [-0.2, -0.15) is 4.98 Å². The summed E-state index contributed by atoms with van der Waals surface area (Å²) in [6, 6.07) is 0.480. The van der Waals surface area contributed by atoms with Gasteiger partial charge in [-0.25, -0.2) is 17.5 Å². The van der Waals surface area contributed by atoms with Gasteiger partial charge in [-0.1, -0.05) is 5.16 Å². The lowest BCUT2D eigenvalue weighted by atomic mass is 9.86. The second-order valence-corrected chi connectivity index (χ2v) is 10.2. The van der Waals surface area contributed by atoms with Crippen LogP contribution in [0.3, 0.4) is 0 Å². The van der Waals surface area contributed by atoms with Gasteiger partial charge in [0.05, 0.1) is 5.25 Å². The number of anilines is 1. The first kappa shape index (κ1) is 19.5. The molecule has 2 aliphatic rings. The molecular weight excluding hydrogens is 359 g/mol. The van der Waals surface area contributed by atoms with E-state index in [0.29, 0.717) is 25.3 Å². The number of aromatic nitrogens is 2. The maximum absolute atomic E-state index is 14.7. The molecule has 0 saturated heterocycles. The van der Waals surface area contributed by atoms with Gasteiger partial charge in [0, 0.05) is 12.6 Å². The molecule has 0 aliphatic heterocycles. The summed E-state index contributed by atoms with van der Waals surface area (Å²) in [5.74, 6) is 0.502. The molecule has 26 heavy (non-hydrogen) atoms. The van der Waals surface area contributed by atoms with Crippen molar-refractivity contribution in [1.82, 2.24) is 14.9 Å². The monoisotopic (exact) mass is 388 g/mol. The molecule has 1 aromatic heterocycles. The number of sulfonamides is 1. The molecule has 0 atom stereocenters. The summed E-state index contributed by atoms with van der Waals surface area (Å²) in [7, 11) is -3.21. The molecule has 2 N–H and O–H groups in total. The lowest BCUT2D eigenvalue weighted by Gasteiger charge is -2.28. The van der Waals surface area contributed by atoms with E-state index in [0.717, 1.165) is 38.5 Å². The molecule has 1 aromatic rings. The summed E-state index contributed by atoms with van der Waals surface area (Å²) in [5.41, 5.74) is -1.44. The molecule has 0 aromatic carbocycles. The Morgan fingerprint density at radius 2 is 1.88 bits per heavy atom. The number of hydrogen-bond acceptors (Lipinski definition) is 6. The standard InChI is InChI=1S/C17H29FN4O3S/c1-12(2)26(23,24)19-11-13-5-7-14(8-6-13)20-16-21-15(22-25-16)17(18)9-3-4-10-17/h12-14,19H,3-11H2,1-2H3,(H,20,21,22)/t13-,14-. The van der Waals surface area contributed by atoms with Crippen LogP contribution in [-0.4, -0.2) is 36.4 Å². The van der Waals surface area contributed by atoms with Crippen LogP contribution < -0.4 is 10.0 Å². The van der Waals surface area contributed by atoms with Crippen LogP contribution in [0.4, 0.5) is 10.4 Å². The molecule has 0 radical (unpaired) electrons.